The van der Waals surface area contributed by atoms with E-state index >= 15 is 0 Å². The van der Waals surface area contributed by atoms with Gasteiger partial charge in [0.15, 0.2) is 0 Å². The first-order valence-electron chi connectivity index (χ1n) is 7.76. The quantitative estimate of drug-likeness (QED) is 0.907. The number of fused-ring (bicyclic) bond motifs is 2. The highest BCUT2D eigenvalue weighted by atomic mass is 32.2. The lowest BCUT2D eigenvalue weighted by molar-refractivity contribution is 0.280. The minimum atomic E-state index is -3.40. The fourth-order valence-electron chi connectivity index (χ4n) is 4.04. The third-order valence-electron chi connectivity index (χ3n) is 5.22. The van der Waals surface area contributed by atoms with Gasteiger partial charge in [0, 0.05) is 20.1 Å². The van der Waals surface area contributed by atoms with E-state index in [9.17, 15) is 8.42 Å². The van der Waals surface area contributed by atoms with Gasteiger partial charge in [-0.05, 0) is 54.7 Å². The molecule has 1 aromatic rings. The largest absolute Gasteiger partial charge is 0.326 e. The molecule has 0 radical (unpaired) electrons. The highest BCUT2D eigenvalue weighted by Crippen LogP contribution is 2.48. The minimum Gasteiger partial charge on any atom is -0.326 e. The lowest BCUT2D eigenvalue weighted by atomic mass is 9.89. The Bertz CT molecular complexity index is 614. The molecule has 0 aliphatic heterocycles. The Morgan fingerprint density at radius 3 is 2.71 bits per heavy atom. The molecule has 1 aromatic carbocycles. The molecule has 3 rings (SSSR count). The lowest BCUT2D eigenvalue weighted by Gasteiger charge is -2.26. The van der Waals surface area contributed by atoms with Crippen molar-refractivity contribution >= 4 is 10.0 Å². The van der Waals surface area contributed by atoms with E-state index < -0.39 is 10.0 Å². The maximum absolute atomic E-state index is 12.7. The summed E-state index contributed by atoms with van der Waals surface area (Å²) in [4.78, 5) is 0.358. The zero-order chi connectivity index (χ0) is 15.0. The minimum absolute atomic E-state index is 0.358. The van der Waals surface area contributed by atoms with Crippen molar-refractivity contribution in [2.75, 3.05) is 13.6 Å². The first kappa shape index (κ1) is 15.0. The normalized spacial score (nSPS) is 28.4. The van der Waals surface area contributed by atoms with E-state index in [4.69, 9.17) is 5.73 Å². The van der Waals surface area contributed by atoms with Crippen LogP contribution in [0.1, 0.15) is 31.2 Å². The van der Waals surface area contributed by atoms with Crippen molar-refractivity contribution in [3.8, 4) is 0 Å². The van der Waals surface area contributed by atoms with E-state index in [0.29, 0.717) is 23.9 Å². The van der Waals surface area contributed by atoms with Crippen LogP contribution < -0.4 is 5.73 Å². The van der Waals surface area contributed by atoms with Crippen LogP contribution in [0.25, 0.3) is 0 Å². The Kier molecular flexibility index (Phi) is 4.08. The van der Waals surface area contributed by atoms with Crippen LogP contribution in [0.4, 0.5) is 0 Å². The summed E-state index contributed by atoms with van der Waals surface area (Å²) >= 11 is 0. The van der Waals surface area contributed by atoms with E-state index in [1.54, 1.807) is 25.2 Å². The molecule has 0 saturated heterocycles. The summed E-state index contributed by atoms with van der Waals surface area (Å²) in [7, 11) is -1.69. The average molecular weight is 308 g/mol. The van der Waals surface area contributed by atoms with Gasteiger partial charge in [0.25, 0.3) is 0 Å². The maximum atomic E-state index is 12.7. The topological polar surface area (TPSA) is 63.4 Å². The maximum Gasteiger partial charge on any atom is 0.242 e. The summed E-state index contributed by atoms with van der Waals surface area (Å²) in [6.45, 7) is 1.01. The first-order valence-corrected chi connectivity index (χ1v) is 9.20. The summed E-state index contributed by atoms with van der Waals surface area (Å²) in [6.07, 6.45) is 5.14. The van der Waals surface area contributed by atoms with E-state index in [2.05, 4.69) is 0 Å². The fourth-order valence-corrected chi connectivity index (χ4v) is 5.34. The predicted molar refractivity (Wildman–Crippen MR) is 83.1 cm³/mol. The third kappa shape index (κ3) is 2.87. The van der Waals surface area contributed by atoms with Crippen molar-refractivity contribution in [3.63, 3.8) is 0 Å². The van der Waals surface area contributed by atoms with Gasteiger partial charge in [-0.1, -0.05) is 18.6 Å². The Morgan fingerprint density at radius 1 is 1.29 bits per heavy atom. The van der Waals surface area contributed by atoms with Crippen LogP contribution >= 0.6 is 0 Å². The van der Waals surface area contributed by atoms with Gasteiger partial charge < -0.3 is 5.73 Å². The number of nitrogens with two attached hydrogens (primary N) is 1. The van der Waals surface area contributed by atoms with Gasteiger partial charge in [-0.3, -0.25) is 0 Å². The second-order valence-electron chi connectivity index (χ2n) is 6.57. The molecule has 2 aliphatic carbocycles. The smallest absolute Gasteiger partial charge is 0.242 e. The van der Waals surface area contributed by atoms with Gasteiger partial charge in [-0.25, -0.2) is 12.7 Å². The number of sulfonamides is 1. The van der Waals surface area contributed by atoms with Crippen molar-refractivity contribution in [1.82, 2.24) is 4.31 Å². The molecule has 4 nitrogen and oxygen atoms in total. The highest BCUT2D eigenvalue weighted by molar-refractivity contribution is 7.89. The van der Waals surface area contributed by atoms with Crippen LogP contribution in [0.15, 0.2) is 29.2 Å². The standard InChI is InChI=1S/C16H24N2O2S/c1-18(11-15-8-12-5-6-14(15)7-12)21(19,20)16-4-2-3-13(9-16)10-17/h2-4,9,12,14-15H,5-8,10-11,17H2,1H3. The number of hydrogen-bond acceptors (Lipinski definition) is 3. The van der Waals surface area contributed by atoms with E-state index in [0.717, 1.165) is 17.4 Å². The molecule has 2 bridgehead atoms. The SMILES string of the molecule is CN(CC1CC2CCC1C2)S(=O)(=O)c1cccc(CN)c1. The van der Waals surface area contributed by atoms with Gasteiger partial charge in [0.2, 0.25) is 10.0 Å². The van der Waals surface area contributed by atoms with E-state index in [1.165, 1.54) is 30.0 Å². The van der Waals surface area contributed by atoms with Crippen molar-refractivity contribution in [3.05, 3.63) is 29.8 Å². The number of hydrogen-bond donors (Lipinski definition) is 1. The van der Waals surface area contributed by atoms with Crippen molar-refractivity contribution in [1.29, 1.82) is 0 Å². The lowest BCUT2D eigenvalue weighted by Crippen LogP contribution is -2.33. The summed E-state index contributed by atoms with van der Waals surface area (Å²) in [5, 5.41) is 0. The Balaban J connectivity index is 1.74. The van der Waals surface area contributed by atoms with Gasteiger partial charge in [0.1, 0.15) is 0 Å². The molecule has 21 heavy (non-hydrogen) atoms. The zero-order valence-corrected chi connectivity index (χ0v) is 13.3. The molecule has 5 heteroatoms. The van der Waals surface area contributed by atoms with Crippen molar-refractivity contribution < 1.29 is 8.42 Å². The molecule has 2 saturated carbocycles. The molecule has 0 heterocycles. The van der Waals surface area contributed by atoms with Crippen molar-refractivity contribution in [2.24, 2.45) is 23.5 Å². The molecule has 0 amide bonds. The Morgan fingerprint density at radius 2 is 2.10 bits per heavy atom. The summed E-state index contributed by atoms with van der Waals surface area (Å²) in [5.74, 6) is 2.13. The van der Waals surface area contributed by atoms with Crippen LogP contribution in [0.3, 0.4) is 0 Å². The summed E-state index contributed by atoms with van der Waals surface area (Å²) in [6, 6.07) is 6.97. The fraction of sp³-hybridized carbons (Fsp3) is 0.625. The summed E-state index contributed by atoms with van der Waals surface area (Å²) in [5.41, 5.74) is 6.45. The number of nitrogens with zero attached hydrogens (tertiary/aromatic N) is 1. The molecule has 116 valence electrons. The molecule has 0 spiro atoms. The second kappa shape index (κ2) is 5.71. The van der Waals surface area contributed by atoms with Gasteiger partial charge in [0.05, 0.1) is 4.90 Å². The average Bonchev–Trinajstić information content (AvgIpc) is 3.09. The first-order chi connectivity index (χ1) is 10.0. The summed E-state index contributed by atoms with van der Waals surface area (Å²) < 4.78 is 26.9. The molecule has 3 atom stereocenters. The third-order valence-corrected chi connectivity index (χ3v) is 7.04. The Hall–Kier alpha value is -0.910. The van der Waals surface area contributed by atoms with Crippen LogP contribution in [-0.4, -0.2) is 26.3 Å². The van der Waals surface area contributed by atoms with Gasteiger partial charge in [-0.15, -0.1) is 0 Å². The number of rotatable bonds is 5. The highest BCUT2D eigenvalue weighted by Gasteiger charge is 2.40. The molecule has 2 N–H and O–H groups in total. The molecular weight excluding hydrogens is 284 g/mol. The van der Waals surface area contributed by atoms with Crippen LogP contribution in [0.5, 0.6) is 0 Å². The van der Waals surface area contributed by atoms with Crippen LogP contribution in [0.2, 0.25) is 0 Å². The Labute approximate surface area is 127 Å². The monoisotopic (exact) mass is 308 g/mol. The molecule has 2 aliphatic rings. The van der Waals surface area contributed by atoms with Crippen molar-refractivity contribution in [2.45, 2.75) is 37.1 Å². The zero-order valence-electron chi connectivity index (χ0n) is 12.5. The second-order valence-corrected chi connectivity index (χ2v) is 8.62. The van der Waals surface area contributed by atoms with E-state index in [-0.39, 0.29) is 0 Å². The molecule has 3 unspecified atom stereocenters. The van der Waals surface area contributed by atoms with E-state index in [1.807, 2.05) is 6.07 Å². The number of benzene rings is 1. The molecular formula is C16H24N2O2S. The predicted octanol–water partition coefficient (Wildman–Crippen LogP) is 2.20. The van der Waals surface area contributed by atoms with Gasteiger partial charge >= 0.3 is 0 Å². The van der Waals surface area contributed by atoms with Crippen LogP contribution in [-0.2, 0) is 16.6 Å². The molecule has 0 aromatic heterocycles. The van der Waals surface area contributed by atoms with Gasteiger partial charge in [-0.2, -0.15) is 0 Å². The van der Waals surface area contributed by atoms with Crippen LogP contribution in [0, 0.1) is 17.8 Å². The molecule has 2 fully saturated rings.